The number of hydrogen-bond donors (Lipinski definition) is 2. The number of alkyl halides is 3. The van der Waals surface area contributed by atoms with Crippen molar-refractivity contribution >= 4 is 34.9 Å². The molecule has 0 atom stereocenters. The van der Waals surface area contributed by atoms with Crippen LogP contribution in [-0.2, 0) is 6.18 Å². The van der Waals surface area contributed by atoms with Crippen molar-refractivity contribution in [3.05, 3.63) is 72.9 Å². The number of aromatic nitrogens is 1. The first-order valence-corrected chi connectivity index (χ1v) is 10.3. The zero-order valence-corrected chi connectivity index (χ0v) is 18.8. The van der Waals surface area contributed by atoms with Gasteiger partial charge in [0.05, 0.1) is 22.3 Å². The van der Waals surface area contributed by atoms with Crippen LogP contribution in [0.3, 0.4) is 0 Å². The van der Waals surface area contributed by atoms with Crippen LogP contribution in [0, 0.1) is 37.8 Å². The molecule has 12 heteroatoms. The van der Waals surface area contributed by atoms with Crippen molar-refractivity contribution in [2.75, 3.05) is 5.43 Å². The lowest BCUT2D eigenvalue weighted by atomic mass is 10.1. The third-order valence-electron chi connectivity index (χ3n) is 5.16. The van der Waals surface area contributed by atoms with Gasteiger partial charge >= 0.3 is 12.1 Å². The van der Waals surface area contributed by atoms with Gasteiger partial charge in [-0.15, -0.1) is 11.3 Å². The van der Waals surface area contributed by atoms with Gasteiger partial charge in [-0.05, 0) is 51.5 Å². The molecule has 8 nitrogen and oxygen atoms in total. The number of benzene rings is 1. The molecule has 2 heterocycles. The third kappa shape index (κ3) is 4.60. The summed E-state index contributed by atoms with van der Waals surface area (Å²) in [6.45, 7) is 7.16. The van der Waals surface area contributed by atoms with Gasteiger partial charge in [0, 0.05) is 27.9 Å². The van der Waals surface area contributed by atoms with E-state index >= 15 is 0 Å². The lowest BCUT2D eigenvalue weighted by Crippen LogP contribution is -2.07. The molecule has 0 amide bonds. The van der Waals surface area contributed by atoms with Gasteiger partial charge in [0.2, 0.25) is 0 Å². The number of carbonyl (C=O) groups is 1. The van der Waals surface area contributed by atoms with Crippen LogP contribution in [0.25, 0.3) is 5.00 Å². The molecule has 0 saturated heterocycles. The third-order valence-corrected chi connectivity index (χ3v) is 6.36. The molecule has 0 bridgehead atoms. The van der Waals surface area contributed by atoms with E-state index in [2.05, 4.69) is 10.5 Å². The van der Waals surface area contributed by atoms with Crippen LogP contribution in [0.1, 0.15) is 43.3 Å². The Hall–Kier alpha value is -3.67. The highest BCUT2D eigenvalue weighted by atomic mass is 32.1. The molecule has 33 heavy (non-hydrogen) atoms. The molecule has 2 N–H and O–H groups in total. The van der Waals surface area contributed by atoms with Crippen LogP contribution in [0.15, 0.2) is 29.4 Å². The molecule has 1 aromatic carbocycles. The monoisotopic (exact) mass is 480 g/mol. The summed E-state index contributed by atoms with van der Waals surface area (Å²) in [5.41, 5.74) is 3.25. The Kier molecular flexibility index (Phi) is 6.32. The quantitative estimate of drug-likeness (QED) is 0.262. The van der Waals surface area contributed by atoms with Gasteiger partial charge < -0.3 is 9.67 Å². The van der Waals surface area contributed by atoms with Crippen molar-refractivity contribution in [1.82, 2.24) is 4.57 Å². The predicted molar refractivity (Wildman–Crippen MR) is 119 cm³/mol. The highest BCUT2D eigenvalue weighted by Crippen LogP contribution is 2.36. The van der Waals surface area contributed by atoms with Gasteiger partial charge in [-0.3, -0.25) is 15.5 Å². The molecule has 174 valence electrons. The molecule has 2 aromatic heterocycles. The molecule has 0 aliphatic heterocycles. The Balaban J connectivity index is 1.95. The second kappa shape index (κ2) is 8.70. The minimum Gasteiger partial charge on any atom is -0.478 e. The number of nitro benzene ring substituents is 1. The summed E-state index contributed by atoms with van der Waals surface area (Å²) in [6, 6.07) is 3.87. The van der Waals surface area contributed by atoms with Crippen LogP contribution in [-0.4, -0.2) is 26.8 Å². The largest absolute Gasteiger partial charge is 0.478 e. The molecule has 3 rings (SSSR count). The van der Waals surface area contributed by atoms with E-state index in [1.165, 1.54) is 17.6 Å². The van der Waals surface area contributed by atoms with Crippen molar-refractivity contribution in [3.63, 3.8) is 0 Å². The molecule has 0 radical (unpaired) electrons. The Bertz CT molecular complexity index is 1290. The van der Waals surface area contributed by atoms with Crippen LogP contribution in [0.4, 0.5) is 24.5 Å². The average Bonchev–Trinajstić information content (AvgIpc) is 3.15. The summed E-state index contributed by atoms with van der Waals surface area (Å²) in [4.78, 5) is 23.0. The van der Waals surface area contributed by atoms with Gasteiger partial charge in [-0.2, -0.15) is 18.3 Å². The van der Waals surface area contributed by atoms with Gasteiger partial charge in [-0.25, -0.2) is 4.79 Å². The van der Waals surface area contributed by atoms with Crippen molar-refractivity contribution in [2.45, 2.75) is 33.9 Å². The number of nitro groups is 1. The van der Waals surface area contributed by atoms with Crippen molar-refractivity contribution in [3.8, 4) is 5.00 Å². The normalized spacial score (nSPS) is 11.8. The average molecular weight is 480 g/mol. The number of carboxylic acid groups (broad SMARTS) is 1. The van der Waals surface area contributed by atoms with Gasteiger partial charge in [0.15, 0.2) is 0 Å². The number of hydrazone groups is 1. The summed E-state index contributed by atoms with van der Waals surface area (Å²) < 4.78 is 40.4. The molecule has 0 spiro atoms. The van der Waals surface area contributed by atoms with Crippen LogP contribution >= 0.6 is 11.3 Å². The molecule has 3 aromatic rings. The van der Waals surface area contributed by atoms with Gasteiger partial charge in [0.25, 0.3) is 5.69 Å². The van der Waals surface area contributed by atoms with E-state index in [4.69, 9.17) is 0 Å². The summed E-state index contributed by atoms with van der Waals surface area (Å²) >= 11 is 1.35. The van der Waals surface area contributed by atoms with Gasteiger partial charge in [-0.1, -0.05) is 0 Å². The maximum absolute atomic E-state index is 12.9. The standard InChI is InChI=1S/C21H19F3N4O4S/c1-10-7-14(12(3)27(10)19-18(20(29)30)11(2)13(4)33-19)9-25-26-16-6-5-15(21(22,23)24)8-17(16)28(31)32/h5-9,26H,1-4H3,(H,29,30)/b25-9+. The van der Waals surface area contributed by atoms with Crippen LogP contribution in [0.2, 0.25) is 0 Å². The number of anilines is 1. The number of carboxylic acids is 1. The maximum atomic E-state index is 12.9. The minimum absolute atomic E-state index is 0.198. The zero-order chi connectivity index (χ0) is 24.7. The molecule has 0 aliphatic rings. The smallest absolute Gasteiger partial charge is 0.416 e. The fourth-order valence-electron chi connectivity index (χ4n) is 3.37. The van der Waals surface area contributed by atoms with E-state index in [0.717, 1.165) is 22.7 Å². The fraction of sp³-hybridized carbons (Fsp3) is 0.238. The number of aromatic carboxylic acids is 1. The van der Waals surface area contributed by atoms with Gasteiger partial charge in [0.1, 0.15) is 10.7 Å². The molecule has 0 saturated carbocycles. The summed E-state index contributed by atoms with van der Waals surface area (Å²) in [5, 5.41) is 25.4. The Labute approximate surface area is 190 Å². The molecule has 0 aliphatic carbocycles. The first-order valence-electron chi connectivity index (χ1n) is 9.50. The topological polar surface area (TPSA) is 110 Å². The van der Waals surface area contributed by atoms with Crippen molar-refractivity contribution in [2.24, 2.45) is 5.10 Å². The zero-order valence-electron chi connectivity index (χ0n) is 17.9. The maximum Gasteiger partial charge on any atom is 0.416 e. The van der Waals surface area contributed by atoms with Crippen LogP contribution in [0.5, 0.6) is 0 Å². The van der Waals surface area contributed by atoms with E-state index in [0.29, 0.717) is 27.9 Å². The Morgan fingerprint density at radius 1 is 1.24 bits per heavy atom. The minimum atomic E-state index is -4.71. The summed E-state index contributed by atoms with van der Waals surface area (Å²) in [6.07, 6.45) is -3.34. The van der Waals surface area contributed by atoms with Crippen molar-refractivity contribution in [1.29, 1.82) is 0 Å². The molecule has 0 unspecified atom stereocenters. The van der Waals surface area contributed by atoms with Crippen molar-refractivity contribution < 1.29 is 28.0 Å². The lowest BCUT2D eigenvalue weighted by molar-refractivity contribution is -0.384. The second-order valence-corrected chi connectivity index (χ2v) is 8.49. The molecular formula is C21H19F3N4O4S. The Morgan fingerprint density at radius 2 is 1.91 bits per heavy atom. The first-order chi connectivity index (χ1) is 15.3. The lowest BCUT2D eigenvalue weighted by Gasteiger charge is -2.09. The summed E-state index contributed by atoms with van der Waals surface area (Å²) in [5.74, 6) is -1.04. The highest BCUT2D eigenvalue weighted by molar-refractivity contribution is 7.15. The van der Waals surface area contributed by atoms with E-state index in [1.807, 2.05) is 6.92 Å². The number of thiophene rings is 1. The highest BCUT2D eigenvalue weighted by Gasteiger charge is 2.33. The van der Waals surface area contributed by atoms with E-state index in [-0.39, 0.29) is 11.3 Å². The Morgan fingerprint density at radius 3 is 2.48 bits per heavy atom. The number of halogens is 3. The molecular weight excluding hydrogens is 461 g/mol. The number of nitrogens with one attached hydrogen (secondary N) is 1. The number of aryl methyl sites for hydroxylation is 2. The number of hydrogen-bond acceptors (Lipinski definition) is 6. The first kappa shape index (κ1) is 24.0. The van der Waals surface area contributed by atoms with E-state index in [1.54, 1.807) is 31.4 Å². The SMILES string of the molecule is Cc1sc(-n2c(C)cc(/C=N/Nc3ccc(C(F)(F)F)cc3[N+](=O)[O-])c2C)c(C(=O)O)c1C. The summed E-state index contributed by atoms with van der Waals surface area (Å²) in [7, 11) is 0. The molecule has 0 fully saturated rings. The second-order valence-electron chi connectivity index (χ2n) is 7.29. The predicted octanol–water partition coefficient (Wildman–Crippen LogP) is 5.84. The number of nitrogens with zero attached hydrogens (tertiary/aromatic N) is 3. The fourth-order valence-corrected chi connectivity index (χ4v) is 4.63. The number of rotatable bonds is 6. The van der Waals surface area contributed by atoms with E-state index < -0.39 is 28.3 Å². The van der Waals surface area contributed by atoms with Crippen LogP contribution < -0.4 is 5.43 Å². The van der Waals surface area contributed by atoms with E-state index in [9.17, 15) is 33.2 Å².